The van der Waals surface area contributed by atoms with Gasteiger partial charge < -0.3 is 14.8 Å². The highest BCUT2D eigenvalue weighted by molar-refractivity contribution is 5.44. The molecule has 0 spiro atoms. The molecule has 1 aliphatic heterocycles. The zero-order chi connectivity index (χ0) is 12.4. The van der Waals surface area contributed by atoms with Gasteiger partial charge in [-0.25, -0.2) is 0 Å². The minimum atomic E-state index is 0.401. The molecule has 0 aromatic heterocycles. The van der Waals surface area contributed by atoms with Gasteiger partial charge >= 0.3 is 0 Å². The molecule has 1 aliphatic carbocycles. The fraction of sp³-hybridized carbons (Fsp3) is 0.600. The maximum atomic E-state index is 5.95. The standard InChI is InChI=1S/C15H21NO2/c1-17-15-9-11(12-7-8-16-10-12)5-6-14(15)18-13-3-2-4-13/h5-6,9,12-13,16H,2-4,7-8,10H2,1H3. The van der Waals surface area contributed by atoms with Crippen molar-refractivity contribution in [1.82, 2.24) is 5.32 Å². The number of ether oxygens (including phenoxy) is 2. The van der Waals surface area contributed by atoms with Gasteiger partial charge in [-0.05, 0) is 55.8 Å². The van der Waals surface area contributed by atoms with Crippen molar-refractivity contribution < 1.29 is 9.47 Å². The first-order valence-corrected chi connectivity index (χ1v) is 6.92. The predicted octanol–water partition coefficient (Wildman–Crippen LogP) is 2.70. The van der Waals surface area contributed by atoms with E-state index in [0.717, 1.165) is 24.6 Å². The number of nitrogens with one attached hydrogen (secondary N) is 1. The lowest BCUT2D eigenvalue weighted by Gasteiger charge is -2.27. The van der Waals surface area contributed by atoms with Crippen LogP contribution in [0.2, 0.25) is 0 Å². The number of methoxy groups -OCH3 is 1. The van der Waals surface area contributed by atoms with Crippen LogP contribution in [-0.4, -0.2) is 26.3 Å². The molecule has 2 fully saturated rings. The van der Waals surface area contributed by atoms with Crippen molar-refractivity contribution >= 4 is 0 Å². The molecule has 1 atom stereocenters. The molecule has 3 heteroatoms. The Morgan fingerprint density at radius 2 is 2.06 bits per heavy atom. The van der Waals surface area contributed by atoms with Crippen LogP contribution in [-0.2, 0) is 0 Å². The van der Waals surface area contributed by atoms with E-state index in [9.17, 15) is 0 Å². The molecule has 1 unspecified atom stereocenters. The van der Waals surface area contributed by atoms with Crippen LogP contribution in [0.4, 0.5) is 0 Å². The third-order valence-corrected chi connectivity index (χ3v) is 4.07. The maximum Gasteiger partial charge on any atom is 0.161 e. The first-order valence-electron chi connectivity index (χ1n) is 6.92. The lowest BCUT2D eigenvalue weighted by atomic mass is 9.95. The van der Waals surface area contributed by atoms with E-state index in [1.54, 1.807) is 7.11 Å². The summed E-state index contributed by atoms with van der Waals surface area (Å²) in [6, 6.07) is 6.41. The Balaban J connectivity index is 1.77. The fourth-order valence-electron chi connectivity index (χ4n) is 2.64. The van der Waals surface area contributed by atoms with Crippen LogP contribution >= 0.6 is 0 Å². The summed E-state index contributed by atoms with van der Waals surface area (Å²) >= 11 is 0. The van der Waals surface area contributed by atoms with E-state index in [4.69, 9.17) is 9.47 Å². The summed E-state index contributed by atoms with van der Waals surface area (Å²) in [5.41, 5.74) is 1.36. The predicted molar refractivity (Wildman–Crippen MR) is 71.5 cm³/mol. The molecule has 1 heterocycles. The van der Waals surface area contributed by atoms with Gasteiger partial charge in [0.05, 0.1) is 13.2 Å². The van der Waals surface area contributed by atoms with E-state index >= 15 is 0 Å². The highest BCUT2D eigenvalue weighted by Crippen LogP contribution is 2.35. The smallest absolute Gasteiger partial charge is 0.161 e. The van der Waals surface area contributed by atoms with Gasteiger partial charge in [-0.2, -0.15) is 0 Å². The van der Waals surface area contributed by atoms with Gasteiger partial charge in [0.1, 0.15) is 0 Å². The fourth-order valence-corrected chi connectivity index (χ4v) is 2.64. The molecule has 1 aromatic carbocycles. The van der Waals surface area contributed by atoms with Gasteiger partial charge in [0.2, 0.25) is 0 Å². The Hall–Kier alpha value is -1.22. The molecule has 18 heavy (non-hydrogen) atoms. The average Bonchev–Trinajstić information content (AvgIpc) is 2.87. The third kappa shape index (κ3) is 2.32. The molecule has 0 bridgehead atoms. The van der Waals surface area contributed by atoms with Crippen molar-refractivity contribution in [1.29, 1.82) is 0 Å². The molecule has 1 saturated heterocycles. The van der Waals surface area contributed by atoms with Gasteiger partial charge in [0.15, 0.2) is 11.5 Å². The van der Waals surface area contributed by atoms with Crippen molar-refractivity contribution in [3.8, 4) is 11.5 Å². The zero-order valence-corrected chi connectivity index (χ0v) is 10.9. The molecule has 3 rings (SSSR count). The summed E-state index contributed by atoms with van der Waals surface area (Å²) in [5, 5.41) is 3.40. The van der Waals surface area contributed by atoms with Gasteiger partial charge in [0.25, 0.3) is 0 Å². The lowest BCUT2D eigenvalue weighted by Crippen LogP contribution is -2.24. The minimum Gasteiger partial charge on any atom is -0.493 e. The van der Waals surface area contributed by atoms with Crippen molar-refractivity contribution in [2.75, 3.05) is 20.2 Å². The van der Waals surface area contributed by atoms with Crippen molar-refractivity contribution in [2.45, 2.75) is 37.7 Å². The molecule has 0 radical (unpaired) electrons. The topological polar surface area (TPSA) is 30.5 Å². The molecular weight excluding hydrogens is 226 g/mol. The number of hydrogen-bond acceptors (Lipinski definition) is 3. The maximum absolute atomic E-state index is 5.95. The summed E-state index contributed by atoms with van der Waals surface area (Å²) in [5.74, 6) is 2.40. The van der Waals surface area contributed by atoms with Gasteiger partial charge in [-0.1, -0.05) is 6.07 Å². The Kier molecular flexibility index (Phi) is 3.41. The summed E-state index contributed by atoms with van der Waals surface area (Å²) < 4.78 is 11.4. The van der Waals surface area contributed by atoms with E-state index in [0.29, 0.717) is 12.0 Å². The highest BCUT2D eigenvalue weighted by Gasteiger charge is 2.22. The van der Waals surface area contributed by atoms with Crippen LogP contribution in [0.3, 0.4) is 0 Å². The molecule has 1 saturated carbocycles. The first kappa shape index (κ1) is 11.8. The van der Waals surface area contributed by atoms with Crippen LogP contribution < -0.4 is 14.8 Å². The van der Waals surface area contributed by atoms with E-state index in [1.165, 1.54) is 31.2 Å². The van der Waals surface area contributed by atoms with E-state index < -0.39 is 0 Å². The van der Waals surface area contributed by atoms with E-state index in [1.807, 2.05) is 0 Å². The van der Waals surface area contributed by atoms with Gasteiger partial charge in [-0.15, -0.1) is 0 Å². The molecular formula is C15H21NO2. The Bertz CT molecular complexity index is 409. The molecule has 0 amide bonds. The SMILES string of the molecule is COc1cc(C2CCNC2)ccc1OC1CCC1. The van der Waals surface area contributed by atoms with E-state index in [-0.39, 0.29) is 0 Å². The quantitative estimate of drug-likeness (QED) is 0.887. The zero-order valence-electron chi connectivity index (χ0n) is 10.9. The summed E-state index contributed by atoms with van der Waals surface area (Å²) in [6.45, 7) is 2.19. The first-order chi connectivity index (χ1) is 8.86. The van der Waals surface area contributed by atoms with Crippen LogP contribution in [0.25, 0.3) is 0 Å². The van der Waals surface area contributed by atoms with Crippen molar-refractivity contribution in [2.24, 2.45) is 0 Å². The summed E-state index contributed by atoms with van der Waals surface area (Å²) in [4.78, 5) is 0. The monoisotopic (exact) mass is 247 g/mol. The van der Waals surface area contributed by atoms with Crippen molar-refractivity contribution in [3.05, 3.63) is 23.8 Å². The third-order valence-electron chi connectivity index (χ3n) is 4.07. The van der Waals surface area contributed by atoms with Crippen LogP contribution in [0.5, 0.6) is 11.5 Å². The van der Waals surface area contributed by atoms with Gasteiger partial charge in [-0.3, -0.25) is 0 Å². The Morgan fingerprint density at radius 3 is 2.67 bits per heavy atom. The number of benzene rings is 1. The molecule has 1 N–H and O–H groups in total. The number of rotatable bonds is 4. The highest BCUT2D eigenvalue weighted by atomic mass is 16.5. The van der Waals surface area contributed by atoms with Crippen LogP contribution in [0, 0.1) is 0 Å². The minimum absolute atomic E-state index is 0.401. The Morgan fingerprint density at radius 1 is 1.17 bits per heavy atom. The molecule has 3 nitrogen and oxygen atoms in total. The second-order valence-electron chi connectivity index (χ2n) is 5.27. The molecule has 2 aliphatic rings. The van der Waals surface area contributed by atoms with Gasteiger partial charge in [0, 0.05) is 6.54 Å². The largest absolute Gasteiger partial charge is 0.493 e. The van der Waals surface area contributed by atoms with Crippen LogP contribution in [0.15, 0.2) is 18.2 Å². The normalized spacial score (nSPS) is 23.7. The second kappa shape index (κ2) is 5.19. The Labute approximate surface area is 108 Å². The number of hydrogen-bond donors (Lipinski definition) is 1. The molecule has 98 valence electrons. The average molecular weight is 247 g/mol. The molecule has 1 aromatic rings. The van der Waals surface area contributed by atoms with Crippen LogP contribution in [0.1, 0.15) is 37.2 Å². The van der Waals surface area contributed by atoms with E-state index in [2.05, 4.69) is 23.5 Å². The summed E-state index contributed by atoms with van der Waals surface area (Å²) in [6.07, 6.45) is 5.26. The van der Waals surface area contributed by atoms with Crippen molar-refractivity contribution in [3.63, 3.8) is 0 Å². The summed E-state index contributed by atoms with van der Waals surface area (Å²) in [7, 11) is 1.72. The lowest BCUT2D eigenvalue weighted by molar-refractivity contribution is 0.116. The second-order valence-corrected chi connectivity index (χ2v) is 5.27.